The zero-order valence-corrected chi connectivity index (χ0v) is 11.6. The molecule has 0 bridgehead atoms. The molecule has 1 saturated heterocycles. The first-order valence-corrected chi connectivity index (χ1v) is 6.74. The molecule has 1 aliphatic rings. The molecule has 0 aromatic heterocycles. The summed E-state index contributed by atoms with van der Waals surface area (Å²) >= 11 is 0. The van der Waals surface area contributed by atoms with E-state index in [9.17, 15) is 9.90 Å². The normalized spacial score (nSPS) is 23.2. The fourth-order valence-corrected chi connectivity index (χ4v) is 2.42. The Hall–Kier alpha value is -1.39. The Morgan fingerprint density at radius 2 is 2.11 bits per heavy atom. The van der Waals surface area contributed by atoms with E-state index in [4.69, 9.17) is 0 Å². The Balaban J connectivity index is 1.90. The van der Waals surface area contributed by atoms with Gasteiger partial charge in [-0.3, -0.25) is 4.79 Å². The third kappa shape index (κ3) is 3.55. The van der Waals surface area contributed by atoms with Gasteiger partial charge in [0.25, 0.3) is 0 Å². The third-order valence-electron chi connectivity index (χ3n) is 3.76. The SMILES string of the molecule is CN1CC(NCC(C)(O)c2ccccc2)CCC1=O. The molecule has 2 N–H and O–H groups in total. The highest BCUT2D eigenvalue weighted by Crippen LogP contribution is 2.20. The maximum Gasteiger partial charge on any atom is 0.222 e. The minimum absolute atomic E-state index is 0.202. The minimum atomic E-state index is -0.888. The van der Waals surface area contributed by atoms with Crippen LogP contribution < -0.4 is 5.32 Å². The number of nitrogens with one attached hydrogen (secondary N) is 1. The Morgan fingerprint density at radius 3 is 2.74 bits per heavy atom. The van der Waals surface area contributed by atoms with E-state index >= 15 is 0 Å². The van der Waals surface area contributed by atoms with Gasteiger partial charge in [0.05, 0.1) is 5.60 Å². The number of amides is 1. The fourth-order valence-electron chi connectivity index (χ4n) is 2.42. The topological polar surface area (TPSA) is 52.6 Å². The molecule has 1 fully saturated rings. The quantitative estimate of drug-likeness (QED) is 0.854. The van der Waals surface area contributed by atoms with Gasteiger partial charge in [0, 0.05) is 32.6 Å². The van der Waals surface area contributed by atoms with E-state index in [0.29, 0.717) is 19.5 Å². The maximum atomic E-state index is 11.4. The molecule has 104 valence electrons. The molecule has 2 unspecified atom stereocenters. The number of likely N-dealkylation sites (tertiary alicyclic amines) is 1. The van der Waals surface area contributed by atoms with Crippen LogP contribution in [0.15, 0.2) is 30.3 Å². The highest BCUT2D eigenvalue weighted by Gasteiger charge is 2.27. The summed E-state index contributed by atoms with van der Waals surface area (Å²) in [6, 6.07) is 9.91. The molecule has 4 nitrogen and oxygen atoms in total. The number of rotatable bonds is 4. The van der Waals surface area contributed by atoms with Gasteiger partial charge in [0.1, 0.15) is 0 Å². The summed E-state index contributed by atoms with van der Waals surface area (Å²) < 4.78 is 0. The van der Waals surface area contributed by atoms with Crippen molar-refractivity contribution in [2.24, 2.45) is 0 Å². The Bertz CT molecular complexity index is 431. The van der Waals surface area contributed by atoms with Gasteiger partial charge in [-0.25, -0.2) is 0 Å². The van der Waals surface area contributed by atoms with Crippen molar-refractivity contribution < 1.29 is 9.90 Å². The van der Waals surface area contributed by atoms with Gasteiger partial charge < -0.3 is 15.3 Å². The predicted molar refractivity (Wildman–Crippen MR) is 74.7 cm³/mol. The number of likely N-dealkylation sites (N-methyl/N-ethyl adjacent to an activating group) is 1. The standard InChI is InChI=1S/C15H22N2O2/c1-15(19,12-6-4-3-5-7-12)11-16-13-8-9-14(18)17(2)10-13/h3-7,13,16,19H,8-11H2,1-2H3. The van der Waals surface area contributed by atoms with Crippen LogP contribution >= 0.6 is 0 Å². The van der Waals surface area contributed by atoms with Crippen molar-refractivity contribution in [2.75, 3.05) is 20.1 Å². The molecule has 2 atom stereocenters. The largest absolute Gasteiger partial charge is 0.384 e. The van der Waals surface area contributed by atoms with Crippen LogP contribution in [0.3, 0.4) is 0 Å². The smallest absolute Gasteiger partial charge is 0.222 e. The van der Waals surface area contributed by atoms with Crippen LogP contribution in [0, 0.1) is 0 Å². The molecule has 1 amide bonds. The molecular weight excluding hydrogens is 240 g/mol. The second-order valence-corrected chi connectivity index (χ2v) is 5.53. The van der Waals surface area contributed by atoms with Crippen LogP contribution in [0.4, 0.5) is 0 Å². The Labute approximate surface area is 114 Å². The Kier molecular flexibility index (Phi) is 4.22. The third-order valence-corrected chi connectivity index (χ3v) is 3.76. The molecule has 0 spiro atoms. The summed E-state index contributed by atoms with van der Waals surface area (Å²) in [5, 5.41) is 13.9. The first-order chi connectivity index (χ1) is 8.99. The molecule has 2 rings (SSSR count). The molecule has 4 heteroatoms. The van der Waals surface area contributed by atoms with Crippen LogP contribution in [0.25, 0.3) is 0 Å². The van der Waals surface area contributed by atoms with E-state index < -0.39 is 5.60 Å². The molecular formula is C15H22N2O2. The van der Waals surface area contributed by atoms with Gasteiger partial charge in [-0.1, -0.05) is 30.3 Å². The van der Waals surface area contributed by atoms with E-state index in [1.54, 1.807) is 4.90 Å². The summed E-state index contributed by atoms with van der Waals surface area (Å²) in [7, 11) is 1.82. The van der Waals surface area contributed by atoms with Crippen LogP contribution in [0.1, 0.15) is 25.3 Å². The highest BCUT2D eigenvalue weighted by atomic mass is 16.3. The lowest BCUT2D eigenvalue weighted by Crippen LogP contribution is -2.49. The molecule has 19 heavy (non-hydrogen) atoms. The van der Waals surface area contributed by atoms with Crippen LogP contribution in [0.2, 0.25) is 0 Å². The van der Waals surface area contributed by atoms with E-state index in [1.165, 1.54) is 0 Å². The molecule has 1 aromatic carbocycles. The van der Waals surface area contributed by atoms with Crippen molar-refractivity contribution in [2.45, 2.75) is 31.4 Å². The highest BCUT2D eigenvalue weighted by molar-refractivity contribution is 5.76. The molecule has 1 aromatic rings. The summed E-state index contributed by atoms with van der Waals surface area (Å²) in [4.78, 5) is 13.2. The van der Waals surface area contributed by atoms with Crippen molar-refractivity contribution >= 4 is 5.91 Å². The van der Waals surface area contributed by atoms with Gasteiger partial charge in [0.15, 0.2) is 0 Å². The molecule has 0 aliphatic carbocycles. The van der Waals surface area contributed by atoms with Crippen LogP contribution in [-0.4, -0.2) is 42.1 Å². The first kappa shape index (κ1) is 14.0. The van der Waals surface area contributed by atoms with Gasteiger partial charge in [-0.05, 0) is 18.9 Å². The Morgan fingerprint density at radius 1 is 1.42 bits per heavy atom. The average molecular weight is 262 g/mol. The van der Waals surface area contributed by atoms with Crippen molar-refractivity contribution in [1.82, 2.24) is 10.2 Å². The summed E-state index contributed by atoms with van der Waals surface area (Å²) in [6.07, 6.45) is 1.43. The second kappa shape index (κ2) is 5.72. The lowest BCUT2D eigenvalue weighted by atomic mass is 9.95. The molecule has 1 aliphatic heterocycles. The minimum Gasteiger partial charge on any atom is -0.384 e. The summed E-state index contributed by atoms with van der Waals surface area (Å²) in [5.41, 5.74) is 0.0177. The van der Waals surface area contributed by atoms with Gasteiger partial charge in [-0.2, -0.15) is 0 Å². The predicted octanol–water partition coefficient (Wildman–Crippen LogP) is 1.10. The lowest BCUT2D eigenvalue weighted by Gasteiger charge is -2.33. The van der Waals surface area contributed by atoms with Gasteiger partial charge >= 0.3 is 0 Å². The van der Waals surface area contributed by atoms with E-state index in [0.717, 1.165) is 12.0 Å². The molecule has 1 heterocycles. The maximum absolute atomic E-state index is 11.4. The number of nitrogens with zero attached hydrogens (tertiary/aromatic N) is 1. The number of carbonyl (C=O) groups excluding carboxylic acids is 1. The summed E-state index contributed by atoms with van der Waals surface area (Å²) in [5.74, 6) is 0.202. The van der Waals surface area contributed by atoms with Gasteiger partial charge in [-0.15, -0.1) is 0 Å². The number of piperidine rings is 1. The van der Waals surface area contributed by atoms with Gasteiger partial charge in [0.2, 0.25) is 5.91 Å². The lowest BCUT2D eigenvalue weighted by molar-refractivity contribution is -0.132. The zero-order valence-electron chi connectivity index (χ0n) is 11.6. The number of hydrogen-bond donors (Lipinski definition) is 2. The van der Waals surface area contributed by atoms with Crippen molar-refractivity contribution in [1.29, 1.82) is 0 Å². The van der Waals surface area contributed by atoms with Crippen LogP contribution in [0.5, 0.6) is 0 Å². The number of benzene rings is 1. The number of hydrogen-bond acceptors (Lipinski definition) is 3. The van der Waals surface area contributed by atoms with Crippen LogP contribution in [-0.2, 0) is 10.4 Å². The van der Waals surface area contributed by atoms with E-state index in [1.807, 2.05) is 44.3 Å². The fraction of sp³-hybridized carbons (Fsp3) is 0.533. The number of aliphatic hydroxyl groups is 1. The van der Waals surface area contributed by atoms with Crippen molar-refractivity contribution in [3.8, 4) is 0 Å². The van der Waals surface area contributed by atoms with E-state index in [-0.39, 0.29) is 11.9 Å². The summed E-state index contributed by atoms with van der Waals surface area (Å²) in [6.45, 7) is 3.01. The monoisotopic (exact) mass is 262 g/mol. The molecule has 0 saturated carbocycles. The average Bonchev–Trinajstić information content (AvgIpc) is 2.41. The number of carbonyl (C=O) groups is 1. The zero-order chi connectivity index (χ0) is 13.9. The first-order valence-electron chi connectivity index (χ1n) is 6.74. The van der Waals surface area contributed by atoms with Crippen molar-refractivity contribution in [3.05, 3.63) is 35.9 Å². The second-order valence-electron chi connectivity index (χ2n) is 5.53. The van der Waals surface area contributed by atoms with E-state index in [2.05, 4.69) is 5.32 Å². The van der Waals surface area contributed by atoms with Crippen molar-refractivity contribution in [3.63, 3.8) is 0 Å². The molecule has 0 radical (unpaired) electrons.